The molecular formula is C13H19ClN2. The Labute approximate surface area is 103 Å². The molecule has 0 radical (unpaired) electrons. The number of halogens is 1. The number of nitrogens with one attached hydrogen (secondary N) is 1. The highest BCUT2D eigenvalue weighted by Gasteiger charge is 2.32. The first-order chi connectivity index (χ1) is 7.65. The fraction of sp³-hybridized carbons (Fsp3) is 0.538. The molecule has 1 unspecified atom stereocenters. The molecule has 1 fully saturated rings. The first kappa shape index (κ1) is 11.7. The quantitative estimate of drug-likeness (QED) is 0.853. The Morgan fingerprint density at radius 3 is 3.00 bits per heavy atom. The zero-order valence-corrected chi connectivity index (χ0v) is 10.7. The van der Waals surface area contributed by atoms with Crippen molar-refractivity contribution in [3.63, 3.8) is 0 Å². The van der Waals surface area contributed by atoms with E-state index in [-0.39, 0.29) is 5.54 Å². The zero-order valence-electron chi connectivity index (χ0n) is 9.96. The Bertz CT molecular complexity index is 367. The molecule has 0 bridgehead atoms. The molecule has 0 spiro atoms. The molecule has 3 heteroatoms. The third-order valence-electron chi connectivity index (χ3n) is 3.55. The number of hydrogen-bond acceptors (Lipinski definition) is 2. The van der Waals surface area contributed by atoms with Gasteiger partial charge in [0.25, 0.3) is 0 Å². The van der Waals surface area contributed by atoms with Crippen LogP contribution in [0.3, 0.4) is 0 Å². The highest BCUT2D eigenvalue weighted by atomic mass is 35.5. The summed E-state index contributed by atoms with van der Waals surface area (Å²) >= 11 is 6.06. The van der Waals surface area contributed by atoms with Gasteiger partial charge in [-0.1, -0.05) is 24.6 Å². The number of benzene rings is 1. The molecule has 0 amide bonds. The second-order valence-electron chi connectivity index (χ2n) is 4.66. The fourth-order valence-electron chi connectivity index (χ4n) is 2.31. The van der Waals surface area contributed by atoms with Crippen LogP contribution in [-0.2, 0) is 0 Å². The van der Waals surface area contributed by atoms with Gasteiger partial charge >= 0.3 is 0 Å². The Morgan fingerprint density at radius 1 is 1.50 bits per heavy atom. The summed E-state index contributed by atoms with van der Waals surface area (Å²) in [5.41, 5.74) is 1.43. The Morgan fingerprint density at radius 2 is 2.31 bits per heavy atom. The van der Waals surface area contributed by atoms with Crippen LogP contribution < -0.4 is 10.2 Å². The van der Waals surface area contributed by atoms with Crippen LogP contribution in [0.2, 0.25) is 5.02 Å². The van der Waals surface area contributed by atoms with Gasteiger partial charge in [0.2, 0.25) is 0 Å². The van der Waals surface area contributed by atoms with Crippen molar-refractivity contribution in [1.29, 1.82) is 0 Å². The summed E-state index contributed by atoms with van der Waals surface area (Å²) in [4.78, 5) is 2.47. The first-order valence-electron chi connectivity index (χ1n) is 5.90. The smallest absolute Gasteiger partial charge is 0.0496 e. The summed E-state index contributed by atoms with van der Waals surface area (Å²) in [5, 5.41) is 4.28. The minimum Gasteiger partial charge on any atom is -0.364 e. The standard InChI is InChI=1S/C13H19ClN2/c1-3-13(2)10-15-7-8-16(13)12-6-4-5-11(14)9-12/h4-6,9,15H,3,7-8,10H2,1-2H3. The van der Waals surface area contributed by atoms with E-state index < -0.39 is 0 Å². The average molecular weight is 239 g/mol. The van der Waals surface area contributed by atoms with Crippen molar-refractivity contribution in [1.82, 2.24) is 5.32 Å². The van der Waals surface area contributed by atoms with E-state index in [2.05, 4.69) is 36.2 Å². The highest BCUT2D eigenvalue weighted by Crippen LogP contribution is 2.29. The summed E-state index contributed by atoms with van der Waals surface area (Å²) < 4.78 is 0. The minimum absolute atomic E-state index is 0.197. The maximum atomic E-state index is 6.06. The molecule has 88 valence electrons. The Kier molecular flexibility index (Phi) is 3.41. The molecule has 1 aliphatic heterocycles. The van der Waals surface area contributed by atoms with Gasteiger partial charge in [-0.3, -0.25) is 0 Å². The van der Waals surface area contributed by atoms with Gasteiger partial charge in [0, 0.05) is 35.9 Å². The molecule has 1 aromatic rings. The second kappa shape index (κ2) is 4.64. The number of hydrogen-bond donors (Lipinski definition) is 1. The first-order valence-corrected chi connectivity index (χ1v) is 6.27. The number of nitrogens with zero attached hydrogens (tertiary/aromatic N) is 1. The lowest BCUT2D eigenvalue weighted by Crippen LogP contribution is -2.59. The minimum atomic E-state index is 0.197. The van der Waals surface area contributed by atoms with Gasteiger partial charge in [-0.15, -0.1) is 0 Å². The third-order valence-corrected chi connectivity index (χ3v) is 3.79. The number of rotatable bonds is 2. The molecule has 1 N–H and O–H groups in total. The van der Waals surface area contributed by atoms with E-state index in [0.717, 1.165) is 31.1 Å². The second-order valence-corrected chi connectivity index (χ2v) is 5.10. The van der Waals surface area contributed by atoms with Crippen LogP contribution in [-0.4, -0.2) is 25.2 Å². The van der Waals surface area contributed by atoms with E-state index in [9.17, 15) is 0 Å². The van der Waals surface area contributed by atoms with Gasteiger partial charge in [0.05, 0.1) is 0 Å². The van der Waals surface area contributed by atoms with Crippen LogP contribution >= 0.6 is 11.6 Å². The average Bonchev–Trinajstić information content (AvgIpc) is 2.29. The fourth-order valence-corrected chi connectivity index (χ4v) is 2.50. The SMILES string of the molecule is CCC1(C)CNCCN1c1cccc(Cl)c1. The monoisotopic (exact) mass is 238 g/mol. The van der Waals surface area contributed by atoms with Gasteiger partial charge in [-0.2, -0.15) is 0 Å². The van der Waals surface area contributed by atoms with Crippen molar-refractivity contribution in [2.45, 2.75) is 25.8 Å². The molecule has 1 aromatic carbocycles. The van der Waals surface area contributed by atoms with Crippen LogP contribution in [0.25, 0.3) is 0 Å². The van der Waals surface area contributed by atoms with Crippen molar-refractivity contribution in [3.8, 4) is 0 Å². The van der Waals surface area contributed by atoms with Crippen LogP contribution in [0.15, 0.2) is 24.3 Å². The predicted octanol–water partition coefficient (Wildman–Crippen LogP) is 2.92. The largest absolute Gasteiger partial charge is 0.364 e. The number of anilines is 1. The van der Waals surface area contributed by atoms with E-state index in [4.69, 9.17) is 11.6 Å². The molecule has 1 aliphatic rings. The Hall–Kier alpha value is -0.730. The van der Waals surface area contributed by atoms with Crippen LogP contribution in [0.5, 0.6) is 0 Å². The lowest BCUT2D eigenvalue weighted by Gasteiger charge is -2.46. The molecule has 2 nitrogen and oxygen atoms in total. The van der Waals surface area contributed by atoms with E-state index in [1.807, 2.05) is 12.1 Å². The van der Waals surface area contributed by atoms with Crippen molar-refractivity contribution in [2.24, 2.45) is 0 Å². The summed E-state index contributed by atoms with van der Waals surface area (Å²) in [6, 6.07) is 8.15. The topological polar surface area (TPSA) is 15.3 Å². The molecular weight excluding hydrogens is 220 g/mol. The summed E-state index contributed by atoms with van der Waals surface area (Å²) in [5.74, 6) is 0. The lowest BCUT2D eigenvalue weighted by atomic mass is 9.93. The van der Waals surface area contributed by atoms with Gasteiger partial charge < -0.3 is 10.2 Å². The van der Waals surface area contributed by atoms with Crippen molar-refractivity contribution in [3.05, 3.63) is 29.3 Å². The maximum Gasteiger partial charge on any atom is 0.0496 e. The predicted molar refractivity (Wildman–Crippen MR) is 70.4 cm³/mol. The molecule has 0 aromatic heterocycles. The third kappa shape index (κ3) is 2.18. The van der Waals surface area contributed by atoms with Crippen LogP contribution in [0, 0.1) is 0 Å². The molecule has 16 heavy (non-hydrogen) atoms. The normalized spacial score (nSPS) is 25.8. The van der Waals surface area contributed by atoms with Gasteiger partial charge in [-0.25, -0.2) is 0 Å². The highest BCUT2D eigenvalue weighted by molar-refractivity contribution is 6.30. The molecule has 2 rings (SSSR count). The van der Waals surface area contributed by atoms with Crippen molar-refractivity contribution < 1.29 is 0 Å². The summed E-state index contributed by atoms with van der Waals surface area (Å²) in [6.45, 7) is 7.67. The molecule has 0 aliphatic carbocycles. The zero-order chi connectivity index (χ0) is 11.6. The van der Waals surface area contributed by atoms with E-state index in [1.54, 1.807) is 0 Å². The maximum absolute atomic E-state index is 6.06. The molecule has 1 heterocycles. The molecule has 1 atom stereocenters. The molecule has 1 saturated heterocycles. The summed E-state index contributed by atoms with van der Waals surface area (Å²) in [6.07, 6.45) is 1.13. The number of piperazine rings is 1. The van der Waals surface area contributed by atoms with E-state index in [0.29, 0.717) is 0 Å². The van der Waals surface area contributed by atoms with Gasteiger partial charge in [-0.05, 0) is 31.5 Å². The van der Waals surface area contributed by atoms with Crippen LogP contribution in [0.4, 0.5) is 5.69 Å². The Balaban J connectivity index is 2.30. The molecule has 0 saturated carbocycles. The van der Waals surface area contributed by atoms with Crippen molar-refractivity contribution >= 4 is 17.3 Å². The van der Waals surface area contributed by atoms with E-state index >= 15 is 0 Å². The van der Waals surface area contributed by atoms with E-state index in [1.165, 1.54) is 5.69 Å². The van der Waals surface area contributed by atoms with Gasteiger partial charge in [0.1, 0.15) is 0 Å². The van der Waals surface area contributed by atoms with Gasteiger partial charge in [0.15, 0.2) is 0 Å². The van der Waals surface area contributed by atoms with Crippen molar-refractivity contribution in [2.75, 3.05) is 24.5 Å². The lowest BCUT2D eigenvalue weighted by molar-refractivity contribution is 0.342. The van der Waals surface area contributed by atoms with Crippen LogP contribution in [0.1, 0.15) is 20.3 Å². The summed E-state index contributed by atoms with van der Waals surface area (Å²) in [7, 11) is 0.